The molecule has 2 aromatic heterocycles. The number of anilines is 3. The van der Waals surface area contributed by atoms with Gasteiger partial charge < -0.3 is 20.5 Å². The average Bonchev–Trinajstić information content (AvgIpc) is 2.84. The molecule has 0 amide bonds. The number of rotatable bonds is 8. The molecule has 0 aliphatic heterocycles. The molecule has 0 radical (unpaired) electrons. The van der Waals surface area contributed by atoms with Crippen LogP contribution in [0.15, 0.2) is 70.3 Å². The van der Waals surface area contributed by atoms with E-state index in [-0.39, 0.29) is 19.0 Å². The van der Waals surface area contributed by atoms with Gasteiger partial charge in [0.05, 0.1) is 13.7 Å². The van der Waals surface area contributed by atoms with Crippen molar-refractivity contribution < 1.29 is 9.47 Å². The lowest BCUT2D eigenvalue weighted by molar-refractivity contribution is 0.374. The maximum atomic E-state index is 13.1. The number of nitrogen functional groups attached to an aromatic ring is 1. The van der Waals surface area contributed by atoms with E-state index in [2.05, 4.69) is 15.3 Å². The van der Waals surface area contributed by atoms with Gasteiger partial charge in [-0.3, -0.25) is 4.57 Å². The maximum Gasteiger partial charge on any atom is 0.354 e. The molecule has 10 nitrogen and oxygen atoms in total. The van der Waals surface area contributed by atoms with Crippen molar-refractivity contribution in [2.45, 2.75) is 20.0 Å². The van der Waals surface area contributed by atoms with Crippen molar-refractivity contribution >= 4 is 29.1 Å². The first-order valence-corrected chi connectivity index (χ1v) is 11.1. The molecule has 11 heteroatoms. The van der Waals surface area contributed by atoms with Gasteiger partial charge in [0.25, 0.3) is 0 Å². The number of benzene rings is 2. The fourth-order valence-electron chi connectivity index (χ4n) is 3.37. The maximum absolute atomic E-state index is 13.1. The fraction of sp³-hybridized carbons (Fsp3) is 0.167. The molecular formula is C24H23ClN6O4. The summed E-state index contributed by atoms with van der Waals surface area (Å²) in [5.41, 5.74) is 5.93. The van der Waals surface area contributed by atoms with Crippen molar-refractivity contribution in [3.05, 3.63) is 92.2 Å². The summed E-state index contributed by atoms with van der Waals surface area (Å²) in [5, 5.41) is 3.64. The predicted molar refractivity (Wildman–Crippen MR) is 134 cm³/mol. The van der Waals surface area contributed by atoms with Gasteiger partial charge in [-0.1, -0.05) is 29.8 Å². The summed E-state index contributed by atoms with van der Waals surface area (Å²) in [7, 11) is 1.50. The quantitative estimate of drug-likeness (QED) is 0.380. The first kappa shape index (κ1) is 23.8. The monoisotopic (exact) mass is 494 g/mol. The summed E-state index contributed by atoms with van der Waals surface area (Å²) >= 11 is 5.98. The summed E-state index contributed by atoms with van der Waals surface area (Å²) < 4.78 is 13.7. The normalized spacial score (nSPS) is 10.7. The Hall–Kier alpha value is -4.31. The SMILES string of the molecule is CCn1c(=O)nc(Nc2ccc(Oc3cccc(N)n3)c(OC)c2)n(Cc2ccc(Cl)cc2)c1=O. The van der Waals surface area contributed by atoms with Crippen LogP contribution in [0.25, 0.3) is 0 Å². The summed E-state index contributed by atoms with van der Waals surface area (Å²) in [6.45, 7) is 2.09. The van der Waals surface area contributed by atoms with Crippen LogP contribution in [-0.2, 0) is 13.1 Å². The standard InChI is InChI=1S/C24H23ClN6O4/c1-3-30-23(32)29-22(31(24(30)33)14-15-7-9-16(25)10-8-15)27-17-11-12-18(19(13-17)34-2)35-21-6-4-5-20(26)28-21/h4-13H,3,14H2,1-2H3,(H2,26,28)(H,27,29,32). The predicted octanol–water partition coefficient (Wildman–Crippen LogP) is 3.65. The molecule has 35 heavy (non-hydrogen) atoms. The van der Waals surface area contributed by atoms with Crippen LogP contribution in [0.2, 0.25) is 5.02 Å². The number of ether oxygens (including phenoxy) is 2. The summed E-state index contributed by atoms with van der Waals surface area (Å²) in [5.74, 6) is 1.53. The fourth-order valence-corrected chi connectivity index (χ4v) is 3.50. The van der Waals surface area contributed by atoms with Gasteiger partial charge in [-0.15, -0.1) is 0 Å². The number of methoxy groups -OCH3 is 1. The van der Waals surface area contributed by atoms with Crippen LogP contribution in [0.1, 0.15) is 12.5 Å². The lowest BCUT2D eigenvalue weighted by Crippen LogP contribution is -2.42. The minimum Gasteiger partial charge on any atom is -0.493 e. The van der Waals surface area contributed by atoms with E-state index >= 15 is 0 Å². The van der Waals surface area contributed by atoms with Crippen LogP contribution in [-0.4, -0.2) is 26.2 Å². The molecule has 4 aromatic rings. The lowest BCUT2D eigenvalue weighted by atomic mass is 10.2. The van der Waals surface area contributed by atoms with Gasteiger partial charge in [0.1, 0.15) is 5.82 Å². The molecule has 2 aromatic carbocycles. The van der Waals surface area contributed by atoms with Gasteiger partial charge in [0, 0.05) is 29.4 Å². The summed E-state index contributed by atoms with van der Waals surface area (Å²) in [6, 6.07) is 17.2. The molecular weight excluding hydrogens is 472 g/mol. The third kappa shape index (κ3) is 5.44. The lowest BCUT2D eigenvalue weighted by Gasteiger charge is -2.16. The first-order chi connectivity index (χ1) is 16.9. The first-order valence-electron chi connectivity index (χ1n) is 10.7. The minimum atomic E-state index is -0.646. The molecule has 0 unspecified atom stereocenters. The number of hydrogen-bond acceptors (Lipinski definition) is 8. The van der Waals surface area contributed by atoms with Crippen LogP contribution in [0, 0.1) is 0 Å². The van der Waals surface area contributed by atoms with Gasteiger partial charge in [0.2, 0.25) is 11.8 Å². The van der Waals surface area contributed by atoms with Crippen molar-refractivity contribution in [3.8, 4) is 17.4 Å². The topological polar surface area (TPSA) is 126 Å². The van der Waals surface area contributed by atoms with Gasteiger partial charge in [-0.05, 0) is 42.8 Å². The highest BCUT2D eigenvalue weighted by atomic mass is 35.5. The minimum absolute atomic E-state index is 0.0906. The van der Waals surface area contributed by atoms with Gasteiger partial charge in [0.15, 0.2) is 11.5 Å². The molecule has 0 saturated carbocycles. The van der Waals surface area contributed by atoms with E-state index in [1.165, 1.54) is 11.7 Å². The van der Waals surface area contributed by atoms with Crippen LogP contribution in [0.4, 0.5) is 17.5 Å². The number of nitrogens with zero attached hydrogens (tertiary/aromatic N) is 4. The Bertz CT molecular complexity index is 1470. The molecule has 3 N–H and O–H groups in total. The van der Waals surface area contributed by atoms with Crippen molar-refractivity contribution in [1.29, 1.82) is 0 Å². The van der Waals surface area contributed by atoms with E-state index in [1.54, 1.807) is 67.6 Å². The van der Waals surface area contributed by atoms with E-state index < -0.39 is 11.4 Å². The summed E-state index contributed by atoms with van der Waals surface area (Å²) in [4.78, 5) is 33.8. The molecule has 4 rings (SSSR count). The Balaban J connectivity index is 1.69. The Morgan fingerprint density at radius 1 is 1.00 bits per heavy atom. The zero-order valence-electron chi connectivity index (χ0n) is 19.1. The number of halogens is 1. The highest BCUT2D eigenvalue weighted by Crippen LogP contribution is 2.34. The van der Waals surface area contributed by atoms with Crippen molar-refractivity contribution in [1.82, 2.24) is 19.1 Å². The highest BCUT2D eigenvalue weighted by molar-refractivity contribution is 6.30. The van der Waals surface area contributed by atoms with Crippen LogP contribution >= 0.6 is 11.6 Å². The Morgan fingerprint density at radius 3 is 2.46 bits per heavy atom. The van der Waals surface area contributed by atoms with Crippen LogP contribution in [0.5, 0.6) is 17.4 Å². The Labute approximate surface area is 205 Å². The smallest absolute Gasteiger partial charge is 0.354 e. The van der Waals surface area contributed by atoms with Crippen LogP contribution in [0.3, 0.4) is 0 Å². The van der Waals surface area contributed by atoms with Crippen molar-refractivity contribution in [2.24, 2.45) is 0 Å². The Morgan fingerprint density at radius 2 is 1.77 bits per heavy atom. The van der Waals surface area contributed by atoms with E-state index in [9.17, 15) is 9.59 Å². The van der Waals surface area contributed by atoms with E-state index in [0.717, 1.165) is 10.1 Å². The average molecular weight is 495 g/mol. The number of hydrogen-bond donors (Lipinski definition) is 2. The molecule has 0 atom stereocenters. The van der Waals surface area contributed by atoms with Crippen molar-refractivity contribution in [2.75, 3.05) is 18.2 Å². The molecule has 0 spiro atoms. The van der Waals surface area contributed by atoms with E-state index in [1.807, 2.05) is 0 Å². The second kappa shape index (κ2) is 10.3. The van der Waals surface area contributed by atoms with Gasteiger partial charge in [-0.2, -0.15) is 9.97 Å². The van der Waals surface area contributed by atoms with E-state index in [4.69, 9.17) is 26.8 Å². The number of nitrogens with one attached hydrogen (secondary N) is 1. The third-order valence-electron chi connectivity index (χ3n) is 5.10. The zero-order valence-corrected chi connectivity index (χ0v) is 19.8. The zero-order chi connectivity index (χ0) is 24.9. The number of pyridine rings is 1. The van der Waals surface area contributed by atoms with Crippen molar-refractivity contribution in [3.63, 3.8) is 0 Å². The number of nitrogens with two attached hydrogens (primary N) is 1. The second-order valence-corrected chi connectivity index (χ2v) is 7.89. The molecule has 180 valence electrons. The van der Waals surface area contributed by atoms with Crippen LogP contribution < -0.4 is 31.9 Å². The Kier molecular flexibility index (Phi) is 7.02. The largest absolute Gasteiger partial charge is 0.493 e. The summed E-state index contributed by atoms with van der Waals surface area (Å²) in [6.07, 6.45) is 0. The molecule has 0 fully saturated rings. The molecule has 0 aliphatic rings. The number of aromatic nitrogens is 4. The molecule has 0 saturated heterocycles. The highest BCUT2D eigenvalue weighted by Gasteiger charge is 2.15. The second-order valence-electron chi connectivity index (χ2n) is 7.45. The molecule has 0 bridgehead atoms. The third-order valence-corrected chi connectivity index (χ3v) is 5.35. The van der Waals surface area contributed by atoms with Gasteiger partial charge >= 0.3 is 11.4 Å². The van der Waals surface area contributed by atoms with Gasteiger partial charge in [-0.25, -0.2) is 14.2 Å². The van der Waals surface area contributed by atoms with E-state index in [0.29, 0.717) is 33.9 Å². The molecule has 0 aliphatic carbocycles. The molecule has 2 heterocycles.